The fraction of sp³-hybridized carbons (Fsp3) is 0.478. The summed E-state index contributed by atoms with van der Waals surface area (Å²) in [5.41, 5.74) is 1.94. The lowest BCUT2D eigenvalue weighted by Gasteiger charge is -2.34. The number of carbonyl (C=O) groups is 1. The molecule has 0 radical (unpaired) electrons. The lowest BCUT2D eigenvalue weighted by Crippen LogP contribution is -2.46. The van der Waals surface area contributed by atoms with Crippen LogP contribution in [0.5, 0.6) is 0 Å². The quantitative estimate of drug-likeness (QED) is 0.679. The summed E-state index contributed by atoms with van der Waals surface area (Å²) in [6.45, 7) is 7.85. The van der Waals surface area contributed by atoms with E-state index in [0.29, 0.717) is 12.1 Å². The lowest BCUT2D eigenvalue weighted by atomic mass is 10.0. The number of anilines is 1. The van der Waals surface area contributed by atoms with Gasteiger partial charge in [-0.15, -0.1) is 0 Å². The Morgan fingerprint density at radius 3 is 2.83 bits per heavy atom. The zero-order valence-electron chi connectivity index (χ0n) is 17.4. The SMILES string of the molecule is O=C(NCCCN1CCOCC1)c1ccnc(N2CCN[C@H](c3ccccc3)C2)c1. The third-order valence-corrected chi connectivity index (χ3v) is 5.75. The number of ether oxygens (including phenoxy) is 1. The number of rotatable bonds is 7. The Morgan fingerprint density at radius 2 is 2.00 bits per heavy atom. The Hall–Kier alpha value is -2.48. The van der Waals surface area contributed by atoms with Crippen LogP contribution in [0.15, 0.2) is 48.7 Å². The van der Waals surface area contributed by atoms with E-state index in [9.17, 15) is 4.79 Å². The summed E-state index contributed by atoms with van der Waals surface area (Å²) in [5, 5.41) is 6.62. The molecule has 1 aromatic carbocycles. The molecule has 30 heavy (non-hydrogen) atoms. The summed E-state index contributed by atoms with van der Waals surface area (Å²) in [5.74, 6) is 0.828. The third kappa shape index (κ3) is 5.56. The van der Waals surface area contributed by atoms with Crippen molar-refractivity contribution in [2.75, 3.05) is 63.9 Å². The maximum absolute atomic E-state index is 12.6. The largest absolute Gasteiger partial charge is 0.379 e. The van der Waals surface area contributed by atoms with Gasteiger partial charge in [0, 0.05) is 57.1 Å². The minimum atomic E-state index is -0.0321. The second kappa shape index (κ2) is 10.5. The van der Waals surface area contributed by atoms with Crippen LogP contribution >= 0.6 is 0 Å². The molecule has 2 fully saturated rings. The molecule has 0 unspecified atom stereocenters. The van der Waals surface area contributed by atoms with Crippen molar-refractivity contribution in [2.24, 2.45) is 0 Å². The second-order valence-electron chi connectivity index (χ2n) is 7.83. The van der Waals surface area contributed by atoms with Gasteiger partial charge < -0.3 is 20.3 Å². The van der Waals surface area contributed by atoms with E-state index in [1.165, 1.54) is 5.56 Å². The average molecular weight is 410 g/mol. The maximum Gasteiger partial charge on any atom is 0.251 e. The molecule has 1 atom stereocenters. The van der Waals surface area contributed by atoms with E-state index in [2.05, 4.69) is 49.7 Å². The number of carbonyl (C=O) groups excluding carboxylic acids is 1. The summed E-state index contributed by atoms with van der Waals surface area (Å²) in [7, 11) is 0. The lowest BCUT2D eigenvalue weighted by molar-refractivity contribution is 0.0374. The monoisotopic (exact) mass is 409 g/mol. The minimum absolute atomic E-state index is 0.0321. The van der Waals surface area contributed by atoms with E-state index in [0.717, 1.165) is 64.7 Å². The molecule has 2 N–H and O–H groups in total. The molecule has 0 spiro atoms. The number of benzene rings is 1. The van der Waals surface area contributed by atoms with E-state index < -0.39 is 0 Å². The number of aromatic nitrogens is 1. The molecule has 2 saturated heterocycles. The number of pyridine rings is 1. The second-order valence-corrected chi connectivity index (χ2v) is 7.83. The van der Waals surface area contributed by atoms with Gasteiger partial charge in [-0.3, -0.25) is 9.69 Å². The Balaban J connectivity index is 1.30. The number of morpholine rings is 1. The normalized spacial score (nSPS) is 20.1. The number of amides is 1. The van der Waals surface area contributed by atoms with Gasteiger partial charge in [0.25, 0.3) is 5.91 Å². The Labute approximate surface area is 178 Å². The van der Waals surface area contributed by atoms with Crippen LogP contribution in [0.2, 0.25) is 0 Å². The van der Waals surface area contributed by atoms with Crippen molar-refractivity contribution in [2.45, 2.75) is 12.5 Å². The van der Waals surface area contributed by atoms with Gasteiger partial charge in [0.1, 0.15) is 5.82 Å². The van der Waals surface area contributed by atoms with Gasteiger partial charge in [0.2, 0.25) is 0 Å². The first kappa shape index (κ1) is 20.8. The molecule has 2 aliphatic heterocycles. The highest BCUT2D eigenvalue weighted by atomic mass is 16.5. The van der Waals surface area contributed by atoms with Gasteiger partial charge in [-0.2, -0.15) is 0 Å². The first-order valence-electron chi connectivity index (χ1n) is 10.9. The van der Waals surface area contributed by atoms with E-state index in [1.807, 2.05) is 12.1 Å². The first-order valence-corrected chi connectivity index (χ1v) is 10.9. The fourth-order valence-electron chi connectivity index (χ4n) is 4.03. The molecule has 7 nitrogen and oxygen atoms in total. The fourth-order valence-corrected chi connectivity index (χ4v) is 4.03. The van der Waals surface area contributed by atoms with Crippen LogP contribution in [0.3, 0.4) is 0 Å². The first-order chi connectivity index (χ1) is 14.8. The molecule has 3 heterocycles. The zero-order chi connectivity index (χ0) is 20.6. The van der Waals surface area contributed by atoms with Crippen LogP contribution < -0.4 is 15.5 Å². The van der Waals surface area contributed by atoms with Crippen molar-refractivity contribution in [1.82, 2.24) is 20.5 Å². The van der Waals surface area contributed by atoms with Crippen LogP contribution in [0, 0.1) is 0 Å². The van der Waals surface area contributed by atoms with Gasteiger partial charge in [-0.1, -0.05) is 30.3 Å². The van der Waals surface area contributed by atoms with E-state index in [1.54, 1.807) is 12.3 Å². The summed E-state index contributed by atoms with van der Waals surface area (Å²) >= 11 is 0. The predicted molar refractivity (Wildman–Crippen MR) is 118 cm³/mol. The van der Waals surface area contributed by atoms with Crippen molar-refractivity contribution < 1.29 is 9.53 Å². The van der Waals surface area contributed by atoms with E-state index in [-0.39, 0.29) is 11.9 Å². The summed E-state index contributed by atoms with van der Waals surface area (Å²) in [6, 6.07) is 14.4. The number of nitrogens with zero attached hydrogens (tertiary/aromatic N) is 3. The third-order valence-electron chi connectivity index (χ3n) is 5.75. The van der Waals surface area contributed by atoms with E-state index in [4.69, 9.17) is 4.74 Å². The molecule has 4 rings (SSSR count). The highest BCUT2D eigenvalue weighted by Crippen LogP contribution is 2.21. The Bertz CT molecular complexity index is 810. The number of nitrogens with one attached hydrogen (secondary N) is 2. The molecule has 1 amide bonds. The predicted octanol–water partition coefficient (Wildman–Crippen LogP) is 1.68. The summed E-state index contributed by atoms with van der Waals surface area (Å²) in [4.78, 5) is 21.8. The maximum atomic E-state index is 12.6. The van der Waals surface area contributed by atoms with Crippen molar-refractivity contribution >= 4 is 11.7 Å². The van der Waals surface area contributed by atoms with Crippen LogP contribution in [-0.4, -0.2) is 74.8 Å². The van der Waals surface area contributed by atoms with Gasteiger partial charge >= 0.3 is 0 Å². The molecule has 0 bridgehead atoms. The number of hydrogen-bond acceptors (Lipinski definition) is 6. The van der Waals surface area contributed by atoms with Gasteiger partial charge in [0.05, 0.1) is 13.2 Å². The van der Waals surface area contributed by atoms with Crippen molar-refractivity contribution in [1.29, 1.82) is 0 Å². The minimum Gasteiger partial charge on any atom is -0.379 e. The van der Waals surface area contributed by atoms with Crippen LogP contribution in [0.25, 0.3) is 0 Å². The Kier molecular flexibility index (Phi) is 7.29. The molecule has 0 saturated carbocycles. The Morgan fingerprint density at radius 1 is 1.17 bits per heavy atom. The average Bonchev–Trinajstić information content (AvgIpc) is 2.83. The van der Waals surface area contributed by atoms with Crippen molar-refractivity contribution in [3.05, 3.63) is 59.8 Å². The van der Waals surface area contributed by atoms with Gasteiger partial charge in [0.15, 0.2) is 0 Å². The van der Waals surface area contributed by atoms with Crippen LogP contribution in [0.1, 0.15) is 28.4 Å². The molecule has 2 aliphatic rings. The number of hydrogen-bond donors (Lipinski definition) is 2. The highest BCUT2D eigenvalue weighted by molar-refractivity contribution is 5.94. The van der Waals surface area contributed by atoms with Crippen LogP contribution in [-0.2, 0) is 4.74 Å². The van der Waals surface area contributed by atoms with Crippen molar-refractivity contribution in [3.8, 4) is 0 Å². The topological polar surface area (TPSA) is 69.7 Å². The molecular weight excluding hydrogens is 378 g/mol. The molecule has 0 aliphatic carbocycles. The molecule has 7 heteroatoms. The number of piperazine rings is 1. The molecule has 2 aromatic rings. The standard InChI is InChI=1S/C23H31N5O2/c29-23(26-8-4-11-27-13-15-30-16-14-27)20-7-9-25-22(17-20)28-12-10-24-21(18-28)19-5-2-1-3-6-19/h1-3,5-7,9,17,21,24H,4,8,10-16,18H2,(H,26,29)/t21-/m0/s1. The van der Waals surface area contributed by atoms with Crippen molar-refractivity contribution in [3.63, 3.8) is 0 Å². The summed E-state index contributed by atoms with van der Waals surface area (Å²) in [6.07, 6.45) is 2.68. The van der Waals surface area contributed by atoms with Crippen LogP contribution in [0.4, 0.5) is 5.82 Å². The molecule has 160 valence electrons. The van der Waals surface area contributed by atoms with E-state index >= 15 is 0 Å². The van der Waals surface area contributed by atoms with Gasteiger partial charge in [-0.25, -0.2) is 4.98 Å². The van der Waals surface area contributed by atoms with Gasteiger partial charge in [-0.05, 0) is 30.7 Å². The smallest absolute Gasteiger partial charge is 0.251 e. The highest BCUT2D eigenvalue weighted by Gasteiger charge is 2.22. The molecular formula is C23H31N5O2. The summed E-state index contributed by atoms with van der Waals surface area (Å²) < 4.78 is 5.37. The molecule has 1 aromatic heterocycles. The zero-order valence-corrected chi connectivity index (χ0v) is 17.4.